The quantitative estimate of drug-likeness (QED) is 0.778. The first-order valence-electron chi connectivity index (χ1n) is 8.04. The van der Waals surface area contributed by atoms with E-state index in [0.717, 1.165) is 10.4 Å². The fraction of sp³-hybridized carbons (Fsp3) is 0.389. The molecule has 0 saturated carbocycles. The van der Waals surface area contributed by atoms with Gasteiger partial charge in [-0.1, -0.05) is 44.2 Å². The van der Waals surface area contributed by atoms with E-state index in [9.17, 15) is 9.59 Å². The minimum Gasteiger partial charge on any atom is -0.481 e. The number of carboxylic acids is 1. The average molecular weight is 362 g/mol. The molecule has 1 aromatic carbocycles. The minimum absolute atomic E-state index is 0.109. The summed E-state index contributed by atoms with van der Waals surface area (Å²) < 4.78 is 5.26. The molecule has 0 aliphatic carbocycles. The molecule has 1 aromatic heterocycles. The fourth-order valence-corrected chi connectivity index (χ4v) is 3.40. The van der Waals surface area contributed by atoms with Gasteiger partial charge < -0.3 is 15.2 Å². The molecule has 0 radical (unpaired) electrons. The van der Waals surface area contributed by atoms with Gasteiger partial charge in [0.05, 0.1) is 6.04 Å². The highest BCUT2D eigenvalue weighted by atomic mass is 32.1. The third-order valence-electron chi connectivity index (χ3n) is 3.74. The smallest absolute Gasteiger partial charge is 0.407 e. The van der Waals surface area contributed by atoms with Crippen molar-refractivity contribution in [2.45, 2.75) is 39.3 Å². The number of benzene rings is 1. The predicted octanol–water partition coefficient (Wildman–Crippen LogP) is 3.95. The maximum atomic E-state index is 12.1. The van der Waals surface area contributed by atoms with Crippen LogP contribution in [0.4, 0.5) is 4.79 Å². The van der Waals surface area contributed by atoms with Crippen LogP contribution in [0.1, 0.15) is 48.2 Å². The number of carboxylic acid groups (broad SMARTS) is 1. The van der Waals surface area contributed by atoms with Gasteiger partial charge in [-0.05, 0) is 18.4 Å². The van der Waals surface area contributed by atoms with Crippen LogP contribution in [0.5, 0.6) is 0 Å². The highest BCUT2D eigenvalue weighted by molar-refractivity contribution is 7.11. The molecule has 2 aromatic rings. The molecule has 0 spiro atoms. The Morgan fingerprint density at radius 2 is 1.92 bits per heavy atom. The van der Waals surface area contributed by atoms with Crippen molar-refractivity contribution in [3.63, 3.8) is 0 Å². The molecule has 1 heterocycles. The summed E-state index contributed by atoms with van der Waals surface area (Å²) in [7, 11) is 0. The monoisotopic (exact) mass is 362 g/mol. The number of ether oxygens (including phenoxy) is 1. The van der Waals surface area contributed by atoms with Crippen molar-refractivity contribution in [1.82, 2.24) is 10.3 Å². The van der Waals surface area contributed by atoms with Gasteiger partial charge in [0.15, 0.2) is 0 Å². The molecule has 6 nitrogen and oxygen atoms in total. The number of alkyl carbamates (subject to hydrolysis) is 1. The van der Waals surface area contributed by atoms with Gasteiger partial charge >= 0.3 is 12.1 Å². The molecule has 7 heteroatoms. The van der Waals surface area contributed by atoms with Crippen molar-refractivity contribution in [1.29, 1.82) is 0 Å². The van der Waals surface area contributed by atoms with Gasteiger partial charge in [0.25, 0.3) is 0 Å². The Balaban J connectivity index is 2.01. The van der Waals surface area contributed by atoms with Crippen molar-refractivity contribution in [3.8, 4) is 0 Å². The van der Waals surface area contributed by atoms with Crippen molar-refractivity contribution in [2.24, 2.45) is 5.92 Å². The van der Waals surface area contributed by atoms with Gasteiger partial charge in [-0.2, -0.15) is 0 Å². The lowest BCUT2D eigenvalue weighted by molar-refractivity contribution is -0.138. The Morgan fingerprint density at radius 1 is 1.24 bits per heavy atom. The van der Waals surface area contributed by atoms with Crippen LogP contribution in [0.2, 0.25) is 0 Å². The lowest BCUT2D eigenvalue weighted by Crippen LogP contribution is -2.31. The number of aromatic nitrogens is 1. The number of nitrogens with one attached hydrogen (secondary N) is 1. The molecule has 2 atom stereocenters. The molecule has 25 heavy (non-hydrogen) atoms. The predicted molar refractivity (Wildman–Crippen MR) is 95.5 cm³/mol. The van der Waals surface area contributed by atoms with E-state index in [-0.39, 0.29) is 18.6 Å². The zero-order chi connectivity index (χ0) is 18.4. The van der Waals surface area contributed by atoms with E-state index < -0.39 is 18.0 Å². The summed E-state index contributed by atoms with van der Waals surface area (Å²) in [6.07, 6.45) is 1.12. The van der Waals surface area contributed by atoms with Gasteiger partial charge in [0, 0.05) is 11.1 Å². The van der Waals surface area contributed by atoms with Crippen molar-refractivity contribution in [2.75, 3.05) is 0 Å². The van der Waals surface area contributed by atoms with Crippen LogP contribution in [0.25, 0.3) is 0 Å². The highest BCUT2D eigenvalue weighted by Crippen LogP contribution is 2.30. The maximum Gasteiger partial charge on any atom is 0.407 e. The van der Waals surface area contributed by atoms with Crippen molar-refractivity contribution < 1.29 is 19.4 Å². The number of nitrogens with zero attached hydrogens (tertiary/aromatic N) is 1. The number of carbonyl (C=O) groups excluding carboxylic acids is 1. The van der Waals surface area contributed by atoms with Crippen LogP contribution >= 0.6 is 11.3 Å². The number of aliphatic carboxylic acids is 1. The number of hydrogen-bond acceptors (Lipinski definition) is 5. The Labute approximate surface area is 150 Å². The molecule has 2 rings (SSSR count). The molecule has 0 aliphatic heterocycles. The van der Waals surface area contributed by atoms with E-state index in [1.807, 2.05) is 44.2 Å². The molecular formula is C18H22N2O4S. The van der Waals surface area contributed by atoms with Crippen LogP contribution < -0.4 is 5.32 Å². The first kappa shape index (κ1) is 18.9. The molecular weight excluding hydrogens is 340 g/mol. The summed E-state index contributed by atoms with van der Waals surface area (Å²) in [5, 5.41) is 12.5. The number of rotatable bonds is 7. The topological polar surface area (TPSA) is 88.5 Å². The molecule has 1 unspecified atom stereocenters. The number of amides is 1. The number of hydrogen-bond donors (Lipinski definition) is 2. The van der Waals surface area contributed by atoms with E-state index in [4.69, 9.17) is 9.84 Å². The Kier molecular flexibility index (Phi) is 6.52. The summed E-state index contributed by atoms with van der Waals surface area (Å²) in [4.78, 5) is 28.2. The van der Waals surface area contributed by atoms with Crippen molar-refractivity contribution in [3.05, 3.63) is 52.0 Å². The van der Waals surface area contributed by atoms with Crippen LogP contribution in [0.15, 0.2) is 36.5 Å². The lowest BCUT2D eigenvalue weighted by Gasteiger charge is -2.20. The van der Waals surface area contributed by atoms with Crippen LogP contribution in [0, 0.1) is 5.92 Å². The fourth-order valence-electron chi connectivity index (χ4n) is 2.21. The van der Waals surface area contributed by atoms with Gasteiger partial charge in [0.1, 0.15) is 17.5 Å². The SMILES string of the molecule is CC(C(=O)O)c1ncc([C@@H](NC(=O)OCc2ccccc2)C(C)C)s1. The standard InChI is InChI=1S/C18H22N2O4S/c1-11(2)15(14-9-19-16(25-14)12(3)17(21)22)20-18(23)24-10-13-7-5-4-6-8-13/h4-9,11-12,15H,10H2,1-3H3,(H,20,23)(H,21,22)/t12?,15-/m0/s1. The highest BCUT2D eigenvalue weighted by Gasteiger charge is 2.24. The zero-order valence-corrected chi connectivity index (χ0v) is 15.2. The van der Waals surface area contributed by atoms with E-state index >= 15 is 0 Å². The second-order valence-corrected chi connectivity index (χ2v) is 7.18. The summed E-state index contributed by atoms with van der Waals surface area (Å²) in [6.45, 7) is 5.74. The van der Waals surface area contributed by atoms with E-state index in [1.54, 1.807) is 13.1 Å². The van der Waals surface area contributed by atoms with Crippen LogP contribution in [-0.2, 0) is 16.1 Å². The molecule has 1 amide bonds. The Morgan fingerprint density at radius 3 is 2.52 bits per heavy atom. The molecule has 2 N–H and O–H groups in total. The Bertz CT molecular complexity index is 715. The van der Waals surface area contributed by atoms with Gasteiger partial charge in [-0.25, -0.2) is 9.78 Å². The van der Waals surface area contributed by atoms with Gasteiger partial charge in [-0.15, -0.1) is 11.3 Å². The molecule has 0 bridgehead atoms. The molecule has 134 valence electrons. The third-order valence-corrected chi connectivity index (χ3v) is 5.00. The second-order valence-electron chi connectivity index (χ2n) is 6.09. The van der Waals surface area contributed by atoms with Crippen LogP contribution in [-0.4, -0.2) is 22.2 Å². The third kappa shape index (κ3) is 5.29. The lowest BCUT2D eigenvalue weighted by atomic mass is 10.0. The van der Waals surface area contributed by atoms with E-state index in [0.29, 0.717) is 5.01 Å². The van der Waals surface area contributed by atoms with E-state index in [2.05, 4.69) is 10.3 Å². The minimum atomic E-state index is -0.919. The molecule has 0 fully saturated rings. The van der Waals surface area contributed by atoms with Gasteiger partial charge in [0.2, 0.25) is 0 Å². The van der Waals surface area contributed by atoms with E-state index in [1.165, 1.54) is 11.3 Å². The number of thiazole rings is 1. The summed E-state index contributed by atoms with van der Waals surface area (Å²) in [5.41, 5.74) is 0.911. The molecule has 0 saturated heterocycles. The first-order chi connectivity index (χ1) is 11.9. The largest absolute Gasteiger partial charge is 0.481 e. The summed E-state index contributed by atoms with van der Waals surface area (Å²) >= 11 is 1.30. The van der Waals surface area contributed by atoms with Gasteiger partial charge in [-0.3, -0.25) is 4.79 Å². The Hall–Kier alpha value is -2.41. The summed E-state index contributed by atoms with van der Waals surface area (Å²) in [6, 6.07) is 9.16. The zero-order valence-electron chi connectivity index (χ0n) is 14.4. The normalized spacial score (nSPS) is 13.3. The van der Waals surface area contributed by atoms with Crippen molar-refractivity contribution >= 4 is 23.4 Å². The summed E-state index contributed by atoms with van der Waals surface area (Å²) in [5.74, 6) is -1.48. The maximum absolute atomic E-state index is 12.1. The second kappa shape index (κ2) is 8.62. The molecule has 0 aliphatic rings. The first-order valence-corrected chi connectivity index (χ1v) is 8.85. The average Bonchev–Trinajstić information content (AvgIpc) is 3.07. The number of carbonyl (C=O) groups is 2. The van der Waals surface area contributed by atoms with Crippen LogP contribution in [0.3, 0.4) is 0 Å².